The van der Waals surface area contributed by atoms with Crippen LogP contribution in [0.25, 0.3) is 0 Å². The Bertz CT molecular complexity index is 483. The molecular weight excluding hydrogens is 253 g/mol. The average molecular weight is 263 g/mol. The molecular formula is C10H10NNaO4S. The molecule has 0 saturated heterocycles. The Balaban J connectivity index is 0.00000144. The third-order valence-corrected chi connectivity index (χ3v) is 3.23. The summed E-state index contributed by atoms with van der Waals surface area (Å²) in [5.41, 5.74) is 0.451. The Morgan fingerprint density at radius 2 is 2.18 bits per heavy atom. The van der Waals surface area contributed by atoms with Gasteiger partial charge in [0, 0.05) is 17.4 Å². The number of hydrogen-bond donors (Lipinski definition) is 3. The first-order valence-corrected chi connectivity index (χ1v) is 5.52. The first kappa shape index (κ1) is 14.4. The van der Waals surface area contributed by atoms with Crippen LogP contribution in [0.3, 0.4) is 0 Å². The van der Waals surface area contributed by atoms with Gasteiger partial charge >= 0.3 is 35.5 Å². The summed E-state index contributed by atoms with van der Waals surface area (Å²) in [6, 6.07) is 3.38. The fraction of sp³-hybridized carbons (Fsp3) is 0.200. The zero-order chi connectivity index (χ0) is 11.7. The van der Waals surface area contributed by atoms with Gasteiger partial charge in [-0.25, -0.2) is 4.79 Å². The van der Waals surface area contributed by atoms with Gasteiger partial charge in [-0.05, 0) is 12.1 Å². The van der Waals surface area contributed by atoms with Crippen molar-refractivity contribution in [3.8, 4) is 11.5 Å². The monoisotopic (exact) mass is 263 g/mol. The van der Waals surface area contributed by atoms with E-state index < -0.39 is 12.0 Å². The van der Waals surface area contributed by atoms with E-state index in [1.807, 2.05) is 0 Å². The van der Waals surface area contributed by atoms with Crippen LogP contribution < -0.4 is 29.6 Å². The van der Waals surface area contributed by atoms with E-state index in [0.717, 1.165) is 0 Å². The van der Waals surface area contributed by atoms with Crippen LogP contribution in [0.2, 0.25) is 0 Å². The number of benzene rings is 1. The normalized spacial score (nSPS) is 18.4. The number of aliphatic imine (C=N–C) groups is 1. The van der Waals surface area contributed by atoms with Gasteiger partial charge in [-0.1, -0.05) is 0 Å². The molecule has 1 aromatic carbocycles. The number of hydrogen-bond acceptors (Lipinski definition) is 5. The molecule has 1 atom stereocenters. The summed E-state index contributed by atoms with van der Waals surface area (Å²) >= 11 is 1.28. The number of phenols is 2. The van der Waals surface area contributed by atoms with Crippen LogP contribution >= 0.6 is 11.8 Å². The number of carboxylic acid groups (broad SMARTS) is 1. The number of carboxylic acids is 1. The standard InChI is InChI=1S/C10H9NO4S.Na.H/c12-5-1-2-6(8(13)3-5)9-11-7(4-16-9)10(14)15;;/h1-3,7,12-13H,4H2,(H,14,15);;/q;+1;-1. The zero-order valence-corrected chi connectivity index (χ0v) is 11.9. The summed E-state index contributed by atoms with van der Waals surface area (Å²) in [4.78, 5) is 14.7. The van der Waals surface area contributed by atoms with Crippen LogP contribution in [0.5, 0.6) is 11.5 Å². The van der Waals surface area contributed by atoms with Gasteiger partial charge in [0.1, 0.15) is 16.5 Å². The molecule has 0 spiro atoms. The minimum absolute atomic E-state index is 0. The van der Waals surface area contributed by atoms with Crippen molar-refractivity contribution in [1.29, 1.82) is 0 Å². The Kier molecular flexibility index (Phi) is 4.88. The summed E-state index contributed by atoms with van der Waals surface area (Å²) in [6.45, 7) is 0. The Morgan fingerprint density at radius 3 is 2.71 bits per heavy atom. The quantitative estimate of drug-likeness (QED) is 0.546. The molecule has 3 N–H and O–H groups in total. The Hall–Kier alpha value is -0.690. The fourth-order valence-corrected chi connectivity index (χ4v) is 2.41. The van der Waals surface area contributed by atoms with Crippen molar-refractivity contribution in [2.75, 3.05) is 5.75 Å². The maximum absolute atomic E-state index is 10.7. The van der Waals surface area contributed by atoms with E-state index in [1.165, 1.54) is 30.0 Å². The number of rotatable bonds is 2. The van der Waals surface area contributed by atoms with E-state index in [9.17, 15) is 9.90 Å². The molecule has 7 heteroatoms. The molecule has 0 amide bonds. The van der Waals surface area contributed by atoms with Gasteiger partial charge in [-0.15, -0.1) is 11.8 Å². The molecule has 0 bridgehead atoms. The molecule has 1 aromatic rings. The van der Waals surface area contributed by atoms with E-state index in [-0.39, 0.29) is 42.5 Å². The third kappa shape index (κ3) is 3.16. The van der Waals surface area contributed by atoms with Gasteiger partial charge in [0.2, 0.25) is 0 Å². The minimum atomic E-state index is -0.972. The molecule has 2 rings (SSSR count). The summed E-state index contributed by atoms with van der Waals surface area (Å²) < 4.78 is 0. The molecule has 1 unspecified atom stereocenters. The second-order valence-electron chi connectivity index (χ2n) is 3.30. The van der Waals surface area contributed by atoms with Crippen LogP contribution in [0.4, 0.5) is 0 Å². The Morgan fingerprint density at radius 1 is 1.47 bits per heavy atom. The zero-order valence-electron chi connectivity index (χ0n) is 10.1. The molecule has 0 radical (unpaired) electrons. The van der Waals surface area contributed by atoms with E-state index in [0.29, 0.717) is 16.4 Å². The molecule has 86 valence electrons. The number of aliphatic carboxylic acids is 1. The van der Waals surface area contributed by atoms with Crippen LogP contribution in [0, 0.1) is 0 Å². The maximum Gasteiger partial charge on any atom is 1.00 e. The SMILES string of the molecule is O=C(O)C1CSC(c2ccc(O)cc2O)=N1.[H-].[Na+]. The molecule has 0 saturated carbocycles. The van der Waals surface area contributed by atoms with Crippen LogP contribution in [0.1, 0.15) is 6.99 Å². The number of phenolic OH excluding ortho intramolecular Hbond substituents is 2. The van der Waals surface area contributed by atoms with Gasteiger partial charge in [0.15, 0.2) is 6.04 Å². The van der Waals surface area contributed by atoms with Gasteiger partial charge in [0.25, 0.3) is 0 Å². The number of aromatic hydroxyl groups is 2. The first-order chi connectivity index (χ1) is 7.58. The van der Waals surface area contributed by atoms with Gasteiger partial charge in [0.05, 0.1) is 0 Å². The molecule has 5 nitrogen and oxygen atoms in total. The molecule has 17 heavy (non-hydrogen) atoms. The van der Waals surface area contributed by atoms with Crippen molar-refractivity contribution in [3.63, 3.8) is 0 Å². The summed E-state index contributed by atoms with van der Waals surface area (Å²) in [5, 5.41) is 28.0. The predicted octanol–water partition coefficient (Wildman–Crippen LogP) is -1.84. The Labute approximate surface area is 125 Å². The fourth-order valence-electron chi connectivity index (χ4n) is 1.35. The van der Waals surface area contributed by atoms with Gasteiger partial charge in [-0.2, -0.15) is 0 Å². The van der Waals surface area contributed by atoms with Crippen molar-refractivity contribution in [2.45, 2.75) is 6.04 Å². The van der Waals surface area contributed by atoms with E-state index >= 15 is 0 Å². The molecule has 1 aliphatic heterocycles. The van der Waals surface area contributed by atoms with Crippen molar-refractivity contribution in [1.82, 2.24) is 0 Å². The molecule has 1 heterocycles. The summed E-state index contributed by atoms with van der Waals surface area (Å²) in [6.07, 6.45) is 0. The van der Waals surface area contributed by atoms with Crippen molar-refractivity contribution in [3.05, 3.63) is 23.8 Å². The second-order valence-corrected chi connectivity index (χ2v) is 4.31. The molecule has 1 aliphatic rings. The molecule has 0 aliphatic carbocycles. The number of thioether (sulfide) groups is 1. The van der Waals surface area contributed by atoms with Crippen molar-refractivity contribution < 1.29 is 51.1 Å². The first-order valence-electron chi connectivity index (χ1n) is 4.53. The molecule has 0 aromatic heterocycles. The van der Waals surface area contributed by atoms with Crippen LogP contribution in [-0.2, 0) is 4.79 Å². The summed E-state index contributed by atoms with van der Waals surface area (Å²) in [7, 11) is 0. The maximum atomic E-state index is 10.7. The average Bonchev–Trinajstić information content (AvgIpc) is 2.66. The van der Waals surface area contributed by atoms with Gasteiger partial charge < -0.3 is 16.7 Å². The van der Waals surface area contributed by atoms with E-state index in [2.05, 4.69) is 4.99 Å². The second kappa shape index (κ2) is 5.77. The minimum Gasteiger partial charge on any atom is -1.00 e. The van der Waals surface area contributed by atoms with Crippen molar-refractivity contribution >= 4 is 22.8 Å². The predicted molar refractivity (Wildman–Crippen MR) is 61.3 cm³/mol. The number of nitrogens with zero attached hydrogens (tertiary/aromatic N) is 1. The van der Waals surface area contributed by atoms with E-state index in [1.54, 1.807) is 0 Å². The smallest absolute Gasteiger partial charge is 1.00 e. The van der Waals surface area contributed by atoms with Gasteiger partial charge in [-0.3, -0.25) is 4.99 Å². The number of carbonyl (C=O) groups is 1. The largest absolute Gasteiger partial charge is 1.00 e. The van der Waals surface area contributed by atoms with Crippen LogP contribution in [-0.4, -0.2) is 38.1 Å². The van der Waals surface area contributed by atoms with E-state index in [4.69, 9.17) is 10.2 Å². The van der Waals surface area contributed by atoms with Crippen LogP contribution in [0.15, 0.2) is 23.2 Å². The molecule has 0 fully saturated rings. The van der Waals surface area contributed by atoms with Crippen molar-refractivity contribution in [2.24, 2.45) is 4.99 Å². The topological polar surface area (TPSA) is 90.1 Å². The summed E-state index contributed by atoms with van der Waals surface area (Å²) in [5.74, 6) is -0.747. The third-order valence-electron chi connectivity index (χ3n) is 2.15.